The SMILES string of the molecule is Cc1ccn(CCCN2CCCC(C(N)=O)C2)c(=O)c1C(=O)O. The predicted octanol–water partition coefficient (Wildman–Crippen LogP) is 0.442. The molecule has 1 aliphatic heterocycles. The number of carbonyl (C=O) groups is 2. The van der Waals surface area contributed by atoms with Gasteiger partial charge in [-0.15, -0.1) is 0 Å². The molecule has 0 radical (unpaired) electrons. The molecule has 2 heterocycles. The number of nitrogens with zero attached hydrogens (tertiary/aromatic N) is 2. The number of carbonyl (C=O) groups excluding carboxylic acids is 1. The van der Waals surface area contributed by atoms with Crippen molar-refractivity contribution >= 4 is 11.9 Å². The van der Waals surface area contributed by atoms with Gasteiger partial charge in [0.2, 0.25) is 5.91 Å². The largest absolute Gasteiger partial charge is 0.477 e. The molecule has 0 saturated carbocycles. The van der Waals surface area contributed by atoms with Crippen LogP contribution in [-0.4, -0.2) is 46.1 Å². The number of likely N-dealkylation sites (tertiary alicyclic amines) is 1. The van der Waals surface area contributed by atoms with Crippen LogP contribution in [0.25, 0.3) is 0 Å². The Morgan fingerprint density at radius 3 is 2.78 bits per heavy atom. The van der Waals surface area contributed by atoms with Gasteiger partial charge < -0.3 is 20.3 Å². The van der Waals surface area contributed by atoms with Crippen LogP contribution in [0.2, 0.25) is 0 Å². The lowest BCUT2D eigenvalue weighted by molar-refractivity contribution is -0.123. The van der Waals surface area contributed by atoms with Gasteiger partial charge in [-0.1, -0.05) is 0 Å². The lowest BCUT2D eigenvalue weighted by Crippen LogP contribution is -2.41. The van der Waals surface area contributed by atoms with Gasteiger partial charge in [-0.3, -0.25) is 9.59 Å². The number of aromatic carboxylic acids is 1. The summed E-state index contributed by atoms with van der Waals surface area (Å²) in [6.07, 6.45) is 4.13. The third-order valence-corrected chi connectivity index (χ3v) is 4.37. The number of amides is 1. The van der Waals surface area contributed by atoms with E-state index in [9.17, 15) is 14.4 Å². The van der Waals surface area contributed by atoms with E-state index in [1.54, 1.807) is 19.2 Å². The van der Waals surface area contributed by atoms with Gasteiger partial charge in [0.25, 0.3) is 5.56 Å². The van der Waals surface area contributed by atoms with Crippen molar-refractivity contribution in [1.29, 1.82) is 0 Å². The van der Waals surface area contributed by atoms with Crippen LogP contribution in [0, 0.1) is 12.8 Å². The summed E-state index contributed by atoms with van der Waals surface area (Å²) in [5, 5.41) is 9.12. The van der Waals surface area contributed by atoms with E-state index in [1.165, 1.54) is 4.57 Å². The predicted molar refractivity (Wildman–Crippen MR) is 85.4 cm³/mol. The highest BCUT2D eigenvalue weighted by atomic mass is 16.4. The van der Waals surface area contributed by atoms with E-state index in [-0.39, 0.29) is 17.4 Å². The van der Waals surface area contributed by atoms with Gasteiger partial charge in [0, 0.05) is 19.3 Å². The van der Waals surface area contributed by atoms with Crippen LogP contribution in [0.3, 0.4) is 0 Å². The first-order valence-corrected chi connectivity index (χ1v) is 7.85. The molecule has 1 aromatic heterocycles. The van der Waals surface area contributed by atoms with E-state index < -0.39 is 11.5 Å². The summed E-state index contributed by atoms with van der Waals surface area (Å²) in [6, 6.07) is 1.65. The number of carboxylic acids is 1. The first-order chi connectivity index (χ1) is 10.9. The van der Waals surface area contributed by atoms with Crippen molar-refractivity contribution in [2.24, 2.45) is 11.7 Å². The topological polar surface area (TPSA) is 106 Å². The van der Waals surface area contributed by atoms with Crippen molar-refractivity contribution in [1.82, 2.24) is 9.47 Å². The smallest absolute Gasteiger partial charge is 0.341 e. The standard InChI is InChI=1S/C16H23N3O4/c1-11-5-9-19(15(21)13(11)16(22)23)8-3-7-18-6-2-4-12(10-18)14(17)20/h5,9,12H,2-4,6-8,10H2,1H3,(H2,17,20)(H,22,23). The summed E-state index contributed by atoms with van der Waals surface area (Å²) in [4.78, 5) is 36.8. The molecule has 2 rings (SSSR count). The number of hydrogen-bond donors (Lipinski definition) is 2. The van der Waals surface area contributed by atoms with Crippen LogP contribution < -0.4 is 11.3 Å². The molecule has 1 unspecified atom stereocenters. The normalized spacial score (nSPS) is 18.7. The van der Waals surface area contributed by atoms with Crippen LogP contribution in [0.4, 0.5) is 0 Å². The molecule has 1 atom stereocenters. The molecule has 1 aromatic rings. The van der Waals surface area contributed by atoms with Gasteiger partial charge in [-0.2, -0.15) is 0 Å². The number of hydrogen-bond acceptors (Lipinski definition) is 4. The quantitative estimate of drug-likeness (QED) is 0.791. The van der Waals surface area contributed by atoms with Crippen molar-refractivity contribution < 1.29 is 14.7 Å². The molecule has 3 N–H and O–H groups in total. The minimum absolute atomic E-state index is 0.0931. The Morgan fingerprint density at radius 2 is 2.13 bits per heavy atom. The summed E-state index contributed by atoms with van der Waals surface area (Å²) < 4.78 is 1.44. The molecule has 0 aromatic carbocycles. The Balaban J connectivity index is 1.94. The van der Waals surface area contributed by atoms with E-state index in [2.05, 4.69) is 4.90 Å². The minimum Gasteiger partial charge on any atom is -0.477 e. The zero-order chi connectivity index (χ0) is 17.0. The molecule has 1 fully saturated rings. The number of aryl methyl sites for hydroxylation is 2. The average Bonchev–Trinajstić information content (AvgIpc) is 2.49. The molecule has 126 valence electrons. The molecule has 0 bridgehead atoms. The van der Waals surface area contributed by atoms with Gasteiger partial charge in [0.05, 0.1) is 5.92 Å². The molecule has 1 amide bonds. The second kappa shape index (κ2) is 7.41. The number of piperidine rings is 1. The van der Waals surface area contributed by atoms with Crippen LogP contribution >= 0.6 is 0 Å². The summed E-state index contributed by atoms with van der Waals surface area (Å²) in [5.41, 5.74) is 5.20. The fourth-order valence-corrected chi connectivity index (χ4v) is 3.06. The average molecular weight is 321 g/mol. The third-order valence-electron chi connectivity index (χ3n) is 4.37. The Labute approximate surface area is 134 Å². The third kappa shape index (κ3) is 4.19. The molecule has 7 nitrogen and oxygen atoms in total. The highest BCUT2D eigenvalue weighted by molar-refractivity contribution is 5.88. The molecule has 7 heteroatoms. The first kappa shape index (κ1) is 17.2. The van der Waals surface area contributed by atoms with Gasteiger partial charge in [-0.05, 0) is 50.9 Å². The maximum Gasteiger partial charge on any atom is 0.341 e. The van der Waals surface area contributed by atoms with E-state index in [0.29, 0.717) is 25.1 Å². The monoisotopic (exact) mass is 321 g/mol. The Hall–Kier alpha value is -2.15. The highest BCUT2D eigenvalue weighted by Crippen LogP contribution is 2.16. The van der Waals surface area contributed by atoms with Crippen molar-refractivity contribution in [2.45, 2.75) is 32.7 Å². The van der Waals surface area contributed by atoms with Crippen LogP contribution in [0.5, 0.6) is 0 Å². The van der Waals surface area contributed by atoms with Crippen molar-refractivity contribution in [2.75, 3.05) is 19.6 Å². The number of primary amides is 1. The molecule has 1 aliphatic rings. The van der Waals surface area contributed by atoms with Gasteiger partial charge in [0.15, 0.2) is 0 Å². The number of aromatic nitrogens is 1. The summed E-state index contributed by atoms with van der Waals surface area (Å²) >= 11 is 0. The lowest BCUT2D eigenvalue weighted by atomic mass is 9.97. The molecular formula is C16H23N3O4. The van der Waals surface area contributed by atoms with E-state index in [1.807, 2.05) is 0 Å². The second-order valence-electron chi connectivity index (χ2n) is 6.07. The number of carboxylic acid groups (broad SMARTS) is 1. The zero-order valence-corrected chi connectivity index (χ0v) is 13.3. The molecule has 23 heavy (non-hydrogen) atoms. The van der Waals surface area contributed by atoms with Crippen molar-refractivity contribution in [3.63, 3.8) is 0 Å². The highest BCUT2D eigenvalue weighted by Gasteiger charge is 2.23. The van der Waals surface area contributed by atoms with Gasteiger partial charge in [0.1, 0.15) is 5.56 Å². The molecule has 0 aliphatic carbocycles. The maximum atomic E-state index is 12.2. The minimum atomic E-state index is -1.19. The van der Waals surface area contributed by atoms with Gasteiger partial charge in [-0.25, -0.2) is 4.79 Å². The number of pyridine rings is 1. The molecule has 1 saturated heterocycles. The van der Waals surface area contributed by atoms with E-state index in [0.717, 1.165) is 25.9 Å². The molecular weight excluding hydrogens is 298 g/mol. The van der Waals surface area contributed by atoms with Gasteiger partial charge >= 0.3 is 5.97 Å². The Morgan fingerprint density at radius 1 is 1.39 bits per heavy atom. The number of nitrogens with two attached hydrogens (primary N) is 1. The Kier molecular flexibility index (Phi) is 5.54. The van der Waals surface area contributed by atoms with Crippen molar-refractivity contribution in [3.05, 3.63) is 33.7 Å². The summed E-state index contributed by atoms with van der Waals surface area (Å²) in [5.74, 6) is -1.54. The number of rotatable bonds is 6. The lowest BCUT2D eigenvalue weighted by Gasteiger charge is -2.31. The zero-order valence-electron chi connectivity index (χ0n) is 13.3. The first-order valence-electron chi connectivity index (χ1n) is 7.85. The van der Waals surface area contributed by atoms with Crippen LogP contribution in [0.1, 0.15) is 35.2 Å². The van der Waals surface area contributed by atoms with Crippen molar-refractivity contribution in [3.8, 4) is 0 Å². The Bertz CT molecular complexity index is 653. The van der Waals surface area contributed by atoms with Crippen LogP contribution in [0.15, 0.2) is 17.1 Å². The second-order valence-corrected chi connectivity index (χ2v) is 6.07. The van der Waals surface area contributed by atoms with E-state index >= 15 is 0 Å². The van der Waals surface area contributed by atoms with Crippen LogP contribution in [-0.2, 0) is 11.3 Å². The fraction of sp³-hybridized carbons (Fsp3) is 0.562. The fourth-order valence-electron chi connectivity index (χ4n) is 3.06. The summed E-state index contributed by atoms with van der Waals surface area (Å²) in [6.45, 7) is 4.42. The van der Waals surface area contributed by atoms with E-state index in [4.69, 9.17) is 10.8 Å². The summed E-state index contributed by atoms with van der Waals surface area (Å²) in [7, 11) is 0. The maximum absolute atomic E-state index is 12.2. The molecule has 0 spiro atoms.